The Bertz CT molecular complexity index is 623. The number of hydrogen-bond donors (Lipinski definition) is 0. The van der Waals surface area contributed by atoms with Crippen LogP contribution in [-0.4, -0.2) is 32.5 Å². The summed E-state index contributed by atoms with van der Waals surface area (Å²) in [5.41, 5.74) is 3.38. The average Bonchev–Trinajstić information content (AvgIpc) is 3.00. The van der Waals surface area contributed by atoms with Gasteiger partial charge in [0.1, 0.15) is 0 Å². The number of fused-ring (bicyclic) bond motifs is 1. The lowest BCUT2D eigenvalue weighted by molar-refractivity contribution is -0.147. The molecule has 1 aromatic rings. The van der Waals surface area contributed by atoms with Gasteiger partial charge >= 0.3 is 5.97 Å². The van der Waals surface area contributed by atoms with E-state index in [1.807, 2.05) is 6.21 Å². The van der Waals surface area contributed by atoms with Crippen LogP contribution in [0.15, 0.2) is 21.6 Å². The number of halogens is 1. The van der Waals surface area contributed by atoms with Crippen molar-refractivity contribution < 1.29 is 14.3 Å². The van der Waals surface area contributed by atoms with Crippen molar-refractivity contribution in [3.05, 3.63) is 33.3 Å². The first-order valence-electron chi connectivity index (χ1n) is 8.09. The van der Waals surface area contributed by atoms with Gasteiger partial charge in [-0.1, -0.05) is 12.1 Å². The minimum atomic E-state index is -0.227. The van der Waals surface area contributed by atoms with Gasteiger partial charge in [-0.25, -0.2) is 0 Å². The molecule has 3 rings (SSSR count). The molecule has 0 bridgehead atoms. The van der Waals surface area contributed by atoms with Gasteiger partial charge in [0, 0.05) is 29.5 Å². The maximum Gasteiger partial charge on any atom is 0.311 e. The Labute approximate surface area is 145 Å². The van der Waals surface area contributed by atoms with E-state index in [1.165, 1.54) is 12.7 Å². The Morgan fingerprint density at radius 1 is 1.43 bits per heavy atom. The van der Waals surface area contributed by atoms with Gasteiger partial charge in [-0.05, 0) is 59.2 Å². The van der Waals surface area contributed by atoms with Crippen LogP contribution in [0, 0.1) is 18.8 Å². The van der Waals surface area contributed by atoms with Gasteiger partial charge in [-0.15, -0.1) is 0 Å². The lowest BCUT2D eigenvalue weighted by Crippen LogP contribution is -2.27. The van der Waals surface area contributed by atoms with E-state index in [1.54, 1.807) is 0 Å². The fourth-order valence-electron chi connectivity index (χ4n) is 3.51. The van der Waals surface area contributed by atoms with Crippen LogP contribution in [0.5, 0.6) is 0 Å². The van der Waals surface area contributed by atoms with E-state index in [9.17, 15) is 4.79 Å². The third-order valence-corrected chi connectivity index (χ3v) is 5.96. The summed E-state index contributed by atoms with van der Waals surface area (Å²) in [5, 5.41) is 0. The molecule has 1 aromatic carbocycles. The zero-order valence-electron chi connectivity index (χ0n) is 13.5. The normalized spacial score (nSPS) is 22.0. The Balaban J connectivity index is 1.86. The minimum absolute atomic E-state index is 0.141. The van der Waals surface area contributed by atoms with Crippen LogP contribution in [0.4, 0.5) is 0 Å². The molecule has 0 aromatic heterocycles. The molecule has 0 spiro atoms. The van der Waals surface area contributed by atoms with Crippen LogP contribution in [0.3, 0.4) is 0 Å². The van der Waals surface area contributed by atoms with Crippen LogP contribution >= 0.6 is 15.9 Å². The molecule has 23 heavy (non-hydrogen) atoms. The van der Waals surface area contributed by atoms with E-state index < -0.39 is 0 Å². The van der Waals surface area contributed by atoms with Gasteiger partial charge in [0.2, 0.25) is 0 Å². The highest BCUT2D eigenvalue weighted by Crippen LogP contribution is 2.41. The number of aliphatic imine (C=N–C) groups is 1. The number of benzene rings is 1. The number of nitrogens with zero attached hydrogens (tertiary/aromatic N) is 1. The standard InChI is InChI=1S/C18H22BrNO3/c1-11-3-4-13-15(16(11)19)10-20-17(13)14(18(21)22-2)9-12-5-7-23-8-6-12/h3-4,10,12,14,17H,5-9H2,1-2H3. The maximum atomic E-state index is 12.4. The topological polar surface area (TPSA) is 47.9 Å². The summed E-state index contributed by atoms with van der Waals surface area (Å²) in [7, 11) is 1.46. The van der Waals surface area contributed by atoms with Crippen LogP contribution in [0.1, 0.15) is 42.0 Å². The molecule has 2 unspecified atom stereocenters. The molecule has 1 fully saturated rings. The van der Waals surface area contributed by atoms with Gasteiger partial charge in [-0.3, -0.25) is 9.79 Å². The van der Waals surface area contributed by atoms with Gasteiger partial charge in [0.25, 0.3) is 0 Å². The number of rotatable bonds is 4. The smallest absolute Gasteiger partial charge is 0.311 e. The summed E-state index contributed by atoms with van der Waals surface area (Å²) in [6, 6.07) is 4.03. The number of methoxy groups -OCH3 is 1. The summed E-state index contributed by atoms with van der Waals surface area (Å²) < 4.78 is 11.6. The quantitative estimate of drug-likeness (QED) is 0.746. The lowest BCUT2D eigenvalue weighted by atomic mass is 9.82. The van der Waals surface area contributed by atoms with E-state index >= 15 is 0 Å². The highest BCUT2D eigenvalue weighted by molar-refractivity contribution is 9.10. The Hall–Kier alpha value is -1.20. The van der Waals surface area contributed by atoms with Crippen molar-refractivity contribution in [2.24, 2.45) is 16.8 Å². The molecule has 2 aliphatic heterocycles. The summed E-state index contributed by atoms with van der Waals surface area (Å²) in [5.74, 6) is 0.111. The second kappa shape index (κ2) is 7.14. The Kier molecular flexibility index (Phi) is 5.17. The van der Waals surface area contributed by atoms with E-state index in [-0.39, 0.29) is 17.9 Å². The largest absolute Gasteiger partial charge is 0.469 e. The van der Waals surface area contributed by atoms with Crippen molar-refractivity contribution in [1.82, 2.24) is 0 Å². The molecule has 2 atom stereocenters. The van der Waals surface area contributed by atoms with E-state index in [0.717, 1.165) is 48.1 Å². The summed E-state index contributed by atoms with van der Waals surface area (Å²) in [6.45, 7) is 3.63. The van der Waals surface area contributed by atoms with E-state index in [2.05, 4.69) is 40.0 Å². The second-order valence-corrected chi connectivity index (χ2v) is 7.14. The predicted octanol–water partition coefficient (Wildman–Crippen LogP) is 3.84. The van der Waals surface area contributed by atoms with Crippen molar-refractivity contribution >= 4 is 28.1 Å². The van der Waals surface area contributed by atoms with Crippen molar-refractivity contribution in [1.29, 1.82) is 0 Å². The first kappa shape index (κ1) is 16.7. The number of aryl methyl sites for hydroxylation is 1. The Morgan fingerprint density at radius 3 is 2.87 bits per heavy atom. The number of esters is 1. The van der Waals surface area contributed by atoms with Gasteiger partial charge in [0.15, 0.2) is 0 Å². The van der Waals surface area contributed by atoms with Crippen molar-refractivity contribution in [3.63, 3.8) is 0 Å². The lowest BCUT2D eigenvalue weighted by Gasteiger charge is -2.28. The molecule has 1 saturated heterocycles. The van der Waals surface area contributed by atoms with Crippen molar-refractivity contribution in [2.75, 3.05) is 20.3 Å². The number of hydrogen-bond acceptors (Lipinski definition) is 4. The predicted molar refractivity (Wildman–Crippen MR) is 92.9 cm³/mol. The number of carbonyl (C=O) groups excluding carboxylic acids is 1. The first-order chi connectivity index (χ1) is 11.1. The molecule has 0 aliphatic carbocycles. The van der Waals surface area contributed by atoms with Crippen molar-refractivity contribution in [2.45, 2.75) is 32.2 Å². The minimum Gasteiger partial charge on any atom is -0.469 e. The molecule has 2 heterocycles. The SMILES string of the molecule is COC(=O)C(CC1CCOCC1)C1N=Cc2c1ccc(C)c2Br. The van der Waals surface area contributed by atoms with E-state index in [4.69, 9.17) is 9.47 Å². The molecule has 5 heteroatoms. The van der Waals surface area contributed by atoms with Gasteiger partial charge in [0.05, 0.1) is 19.1 Å². The third kappa shape index (κ3) is 3.36. The zero-order valence-corrected chi connectivity index (χ0v) is 15.1. The molecule has 0 amide bonds. The summed E-state index contributed by atoms with van der Waals surface area (Å²) >= 11 is 3.64. The highest BCUT2D eigenvalue weighted by Gasteiger charge is 2.36. The zero-order chi connectivity index (χ0) is 16.4. The van der Waals surface area contributed by atoms with Crippen molar-refractivity contribution in [3.8, 4) is 0 Å². The average molecular weight is 380 g/mol. The maximum absolute atomic E-state index is 12.4. The Morgan fingerprint density at radius 2 is 2.17 bits per heavy atom. The highest BCUT2D eigenvalue weighted by atomic mass is 79.9. The van der Waals surface area contributed by atoms with Crippen LogP contribution in [-0.2, 0) is 14.3 Å². The molecule has 2 aliphatic rings. The second-order valence-electron chi connectivity index (χ2n) is 6.34. The number of carbonyl (C=O) groups is 1. The molecule has 0 radical (unpaired) electrons. The monoisotopic (exact) mass is 379 g/mol. The van der Waals surface area contributed by atoms with Crippen LogP contribution < -0.4 is 0 Å². The van der Waals surface area contributed by atoms with Crippen LogP contribution in [0.25, 0.3) is 0 Å². The molecular weight excluding hydrogens is 358 g/mol. The number of ether oxygens (including phenoxy) is 2. The molecule has 0 saturated carbocycles. The van der Waals surface area contributed by atoms with E-state index in [0.29, 0.717) is 5.92 Å². The van der Waals surface area contributed by atoms with Crippen LogP contribution in [0.2, 0.25) is 0 Å². The molecule has 4 nitrogen and oxygen atoms in total. The van der Waals surface area contributed by atoms with Gasteiger partial charge in [-0.2, -0.15) is 0 Å². The fraction of sp³-hybridized carbons (Fsp3) is 0.556. The molecule has 124 valence electrons. The fourth-order valence-corrected chi connectivity index (χ4v) is 3.97. The summed E-state index contributed by atoms with van der Waals surface area (Å²) in [6.07, 6.45) is 4.71. The summed E-state index contributed by atoms with van der Waals surface area (Å²) in [4.78, 5) is 17.0. The molecule has 0 N–H and O–H groups in total. The first-order valence-corrected chi connectivity index (χ1v) is 8.89. The van der Waals surface area contributed by atoms with Gasteiger partial charge < -0.3 is 9.47 Å². The molecular formula is C18H22BrNO3. The third-order valence-electron chi connectivity index (χ3n) is 4.90.